The number of carbonyl (C=O) groups is 1. The first-order valence-corrected chi connectivity index (χ1v) is 10.7. The molecule has 0 aromatic heterocycles. The lowest BCUT2D eigenvalue weighted by molar-refractivity contribution is 0.102. The summed E-state index contributed by atoms with van der Waals surface area (Å²) in [6.07, 6.45) is 2.08. The van der Waals surface area contributed by atoms with E-state index in [0.29, 0.717) is 42.6 Å². The van der Waals surface area contributed by atoms with Crippen LogP contribution in [0.5, 0.6) is 17.2 Å². The Morgan fingerprint density at radius 3 is 2.45 bits per heavy atom. The fraction of sp³-hybridized carbons (Fsp3) is 0.269. The smallest absolute Gasteiger partial charge is 0.255 e. The van der Waals surface area contributed by atoms with Crippen LogP contribution < -0.4 is 14.8 Å². The van der Waals surface area contributed by atoms with Crippen molar-refractivity contribution in [3.05, 3.63) is 83.9 Å². The molecular formula is C26H29NO4. The molecule has 3 aromatic carbocycles. The number of hydrogen-bond acceptors (Lipinski definition) is 4. The van der Waals surface area contributed by atoms with Gasteiger partial charge in [0.15, 0.2) is 5.75 Å². The number of unbranched alkanes of at least 4 members (excludes halogenated alkanes) is 1. The molecule has 1 amide bonds. The molecule has 0 saturated carbocycles. The van der Waals surface area contributed by atoms with Crippen LogP contribution in [0.15, 0.2) is 72.8 Å². The second-order valence-electron chi connectivity index (χ2n) is 7.03. The predicted molar refractivity (Wildman–Crippen MR) is 123 cm³/mol. The minimum Gasteiger partial charge on any atom is -0.494 e. The zero-order valence-corrected chi connectivity index (χ0v) is 18.1. The van der Waals surface area contributed by atoms with Gasteiger partial charge in [0.2, 0.25) is 0 Å². The van der Waals surface area contributed by atoms with E-state index < -0.39 is 0 Å². The van der Waals surface area contributed by atoms with E-state index in [-0.39, 0.29) is 5.91 Å². The monoisotopic (exact) mass is 419 g/mol. The molecule has 0 aliphatic rings. The maximum absolute atomic E-state index is 13.0. The number of benzene rings is 3. The van der Waals surface area contributed by atoms with E-state index in [1.807, 2.05) is 73.7 Å². The summed E-state index contributed by atoms with van der Waals surface area (Å²) in [4.78, 5) is 13.0. The number of amides is 1. The van der Waals surface area contributed by atoms with Gasteiger partial charge in [0.1, 0.15) is 11.5 Å². The SMILES string of the molecule is CCCCOCc1cc(C(=O)Nc2ccccc2Oc2ccccc2)ccc1OCC. The summed E-state index contributed by atoms with van der Waals surface area (Å²) >= 11 is 0. The van der Waals surface area contributed by atoms with Gasteiger partial charge in [-0.1, -0.05) is 43.7 Å². The van der Waals surface area contributed by atoms with E-state index in [4.69, 9.17) is 14.2 Å². The zero-order valence-electron chi connectivity index (χ0n) is 18.1. The van der Waals surface area contributed by atoms with Gasteiger partial charge in [0, 0.05) is 17.7 Å². The third-order valence-corrected chi connectivity index (χ3v) is 4.63. The molecular weight excluding hydrogens is 390 g/mol. The van der Waals surface area contributed by atoms with Crippen LogP contribution in [0.2, 0.25) is 0 Å². The van der Waals surface area contributed by atoms with E-state index in [1.165, 1.54) is 0 Å². The molecule has 5 heteroatoms. The Balaban J connectivity index is 1.75. The Kier molecular flexibility index (Phi) is 8.49. The number of hydrogen-bond donors (Lipinski definition) is 1. The van der Waals surface area contributed by atoms with Crippen LogP contribution in [0.4, 0.5) is 5.69 Å². The number of rotatable bonds is 11. The number of carbonyl (C=O) groups excluding carboxylic acids is 1. The molecule has 0 aliphatic heterocycles. The molecule has 0 heterocycles. The zero-order chi connectivity index (χ0) is 21.9. The van der Waals surface area contributed by atoms with Crippen LogP contribution in [-0.4, -0.2) is 19.1 Å². The van der Waals surface area contributed by atoms with Crippen LogP contribution in [0, 0.1) is 0 Å². The topological polar surface area (TPSA) is 56.8 Å². The summed E-state index contributed by atoms with van der Waals surface area (Å²) < 4.78 is 17.4. The molecule has 0 radical (unpaired) electrons. The lowest BCUT2D eigenvalue weighted by Gasteiger charge is -2.14. The fourth-order valence-corrected chi connectivity index (χ4v) is 3.03. The van der Waals surface area contributed by atoms with Crippen LogP contribution in [0.25, 0.3) is 0 Å². The van der Waals surface area contributed by atoms with Crippen molar-refractivity contribution in [2.45, 2.75) is 33.3 Å². The molecule has 3 rings (SSSR count). The van der Waals surface area contributed by atoms with Gasteiger partial charge in [-0.25, -0.2) is 0 Å². The third kappa shape index (κ3) is 6.59. The molecule has 0 atom stereocenters. The molecule has 0 aliphatic carbocycles. The average molecular weight is 420 g/mol. The molecule has 1 N–H and O–H groups in total. The van der Waals surface area contributed by atoms with Crippen molar-refractivity contribution in [3.63, 3.8) is 0 Å². The average Bonchev–Trinajstić information content (AvgIpc) is 2.80. The van der Waals surface area contributed by atoms with Crippen LogP contribution in [-0.2, 0) is 11.3 Å². The highest BCUT2D eigenvalue weighted by atomic mass is 16.5. The van der Waals surface area contributed by atoms with Crippen molar-refractivity contribution in [1.82, 2.24) is 0 Å². The van der Waals surface area contributed by atoms with Crippen LogP contribution in [0.3, 0.4) is 0 Å². The van der Waals surface area contributed by atoms with Crippen molar-refractivity contribution in [3.8, 4) is 17.2 Å². The quantitative estimate of drug-likeness (QED) is 0.363. The highest BCUT2D eigenvalue weighted by Crippen LogP contribution is 2.30. The molecule has 0 spiro atoms. The fourth-order valence-electron chi connectivity index (χ4n) is 3.03. The highest BCUT2D eigenvalue weighted by molar-refractivity contribution is 6.05. The summed E-state index contributed by atoms with van der Waals surface area (Å²) in [5.74, 6) is 1.80. The Bertz CT molecular complexity index is 972. The van der Waals surface area contributed by atoms with E-state index in [9.17, 15) is 4.79 Å². The second kappa shape index (κ2) is 11.8. The predicted octanol–water partition coefficient (Wildman–Crippen LogP) is 6.45. The van der Waals surface area contributed by atoms with Gasteiger partial charge >= 0.3 is 0 Å². The molecule has 0 bridgehead atoms. The summed E-state index contributed by atoms with van der Waals surface area (Å²) in [7, 11) is 0. The normalized spacial score (nSPS) is 10.5. The highest BCUT2D eigenvalue weighted by Gasteiger charge is 2.13. The number of nitrogens with one attached hydrogen (secondary N) is 1. The van der Waals surface area contributed by atoms with Crippen molar-refractivity contribution in [1.29, 1.82) is 0 Å². The van der Waals surface area contributed by atoms with Crippen molar-refractivity contribution < 1.29 is 19.0 Å². The van der Waals surface area contributed by atoms with Crippen LogP contribution >= 0.6 is 0 Å². The summed E-state index contributed by atoms with van der Waals surface area (Å²) in [5.41, 5.74) is 2.00. The first-order chi connectivity index (χ1) is 15.2. The third-order valence-electron chi connectivity index (χ3n) is 4.63. The number of anilines is 1. The van der Waals surface area contributed by atoms with Gasteiger partial charge in [-0.05, 0) is 55.8 Å². The van der Waals surface area contributed by atoms with E-state index >= 15 is 0 Å². The van der Waals surface area contributed by atoms with Gasteiger partial charge in [-0.2, -0.15) is 0 Å². The minimum atomic E-state index is -0.220. The van der Waals surface area contributed by atoms with Crippen molar-refractivity contribution >= 4 is 11.6 Å². The Morgan fingerprint density at radius 1 is 0.903 bits per heavy atom. The molecule has 0 fully saturated rings. The number of ether oxygens (including phenoxy) is 3. The first kappa shape index (κ1) is 22.4. The first-order valence-electron chi connectivity index (χ1n) is 10.7. The second-order valence-corrected chi connectivity index (χ2v) is 7.03. The van der Waals surface area contributed by atoms with E-state index in [1.54, 1.807) is 6.07 Å². The Morgan fingerprint density at radius 2 is 1.68 bits per heavy atom. The van der Waals surface area contributed by atoms with E-state index in [2.05, 4.69) is 12.2 Å². The summed E-state index contributed by atoms with van der Waals surface area (Å²) in [6.45, 7) is 5.70. The molecule has 0 saturated heterocycles. The van der Waals surface area contributed by atoms with Crippen molar-refractivity contribution in [2.75, 3.05) is 18.5 Å². The molecule has 162 valence electrons. The lowest BCUT2D eigenvalue weighted by atomic mass is 10.1. The molecule has 31 heavy (non-hydrogen) atoms. The van der Waals surface area contributed by atoms with Crippen LogP contribution in [0.1, 0.15) is 42.6 Å². The standard InChI is InChI=1S/C26H29NO4/c1-3-5-17-29-19-21-18-20(15-16-24(21)30-4-2)26(28)27-23-13-9-10-14-25(23)31-22-11-7-6-8-12-22/h6-16,18H,3-5,17,19H2,1-2H3,(H,27,28). The molecule has 5 nitrogen and oxygen atoms in total. The van der Waals surface area contributed by atoms with Gasteiger partial charge < -0.3 is 19.5 Å². The van der Waals surface area contributed by atoms with Gasteiger partial charge in [-0.15, -0.1) is 0 Å². The van der Waals surface area contributed by atoms with Gasteiger partial charge in [-0.3, -0.25) is 4.79 Å². The summed E-state index contributed by atoms with van der Waals surface area (Å²) in [5, 5.41) is 2.96. The lowest BCUT2D eigenvalue weighted by Crippen LogP contribution is -2.13. The summed E-state index contributed by atoms with van der Waals surface area (Å²) in [6, 6.07) is 22.3. The van der Waals surface area contributed by atoms with Gasteiger partial charge in [0.25, 0.3) is 5.91 Å². The van der Waals surface area contributed by atoms with E-state index in [0.717, 1.165) is 24.2 Å². The maximum Gasteiger partial charge on any atom is 0.255 e. The molecule has 0 unspecified atom stereocenters. The largest absolute Gasteiger partial charge is 0.494 e. The Hall–Kier alpha value is -3.31. The number of para-hydroxylation sites is 3. The Labute approximate surface area is 184 Å². The van der Waals surface area contributed by atoms with Crippen molar-refractivity contribution in [2.24, 2.45) is 0 Å². The van der Waals surface area contributed by atoms with Gasteiger partial charge in [0.05, 0.1) is 18.9 Å². The minimum absolute atomic E-state index is 0.220. The molecule has 3 aromatic rings. The maximum atomic E-state index is 13.0.